The average Bonchev–Trinajstić information content (AvgIpc) is 3.26. The van der Waals surface area contributed by atoms with Gasteiger partial charge in [0, 0.05) is 6.54 Å². The lowest BCUT2D eigenvalue weighted by Gasteiger charge is -2.35. The molecule has 2 aromatic rings. The van der Waals surface area contributed by atoms with E-state index in [1.54, 1.807) is 12.1 Å². The largest absolute Gasteiger partial charge is 0.454 e. The van der Waals surface area contributed by atoms with Gasteiger partial charge in [-0.2, -0.15) is 0 Å². The van der Waals surface area contributed by atoms with Crippen LogP contribution in [0.25, 0.3) is 0 Å². The molecule has 178 valence electrons. The second kappa shape index (κ2) is 10.0. The van der Waals surface area contributed by atoms with Crippen molar-refractivity contribution in [1.29, 1.82) is 0 Å². The van der Waals surface area contributed by atoms with Crippen molar-refractivity contribution in [2.45, 2.75) is 49.0 Å². The van der Waals surface area contributed by atoms with Gasteiger partial charge in [-0.05, 0) is 48.7 Å². The van der Waals surface area contributed by atoms with Crippen molar-refractivity contribution in [2.75, 3.05) is 13.4 Å². The number of halogens is 1. The molecule has 0 bridgehead atoms. The maximum absolute atomic E-state index is 13.4. The molecule has 1 fully saturated rings. The number of hydrogen-bond acceptors (Lipinski definition) is 7. The number of aliphatic hydroxyl groups is 1. The Morgan fingerprint density at radius 3 is 2.73 bits per heavy atom. The molecule has 0 unspecified atom stereocenters. The molecule has 0 spiro atoms. The van der Waals surface area contributed by atoms with Gasteiger partial charge < -0.3 is 24.6 Å². The highest BCUT2D eigenvalue weighted by Gasteiger charge is 2.34. The van der Waals surface area contributed by atoms with E-state index in [9.17, 15) is 22.7 Å². The average molecular weight is 481 g/mol. The summed E-state index contributed by atoms with van der Waals surface area (Å²) < 4.78 is 57.4. The van der Waals surface area contributed by atoms with Crippen molar-refractivity contribution in [1.82, 2.24) is 10.0 Å². The van der Waals surface area contributed by atoms with Gasteiger partial charge >= 0.3 is 0 Å². The third-order valence-electron chi connectivity index (χ3n) is 5.55. The molecule has 33 heavy (non-hydrogen) atoms. The van der Waals surface area contributed by atoms with Crippen molar-refractivity contribution in [3.05, 3.63) is 53.8 Å². The first-order valence-electron chi connectivity index (χ1n) is 10.5. The molecule has 0 radical (unpaired) electrons. The van der Waals surface area contributed by atoms with E-state index in [-0.39, 0.29) is 24.0 Å². The molecule has 9 nitrogen and oxygen atoms in total. The summed E-state index contributed by atoms with van der Waals surface area (Å²) in [7, 11) is -3.99. The van der Waals surface area contributed by atoms with Crippen molar-refractivity contribution >= 4 is 15.9 Å². The number of carbonyl (C=O) groups excluding carboxylic acids is 1. The topological polar surface area (TPSA) is 123 Å². The van der Waals surface area contributed by atoms with E-state index in [0.29, 0.717) is 30.9 Å². The van der Waals surface area contributed by atoms with Crippen LogP contribution in [0.3, 0.4) is 0 Å². The van der Waals surface area contributed by atoms with Gasteiger partial charge in [-0.15, -0.1) is 0 Å². The van der Waals surface area contributed by atoms with Crippen molar-refractivity contribution in [3.8, 4) is 11.5 Å². The number of aliphatic hydroxyl groups excluding tert-OH is 1. The number of nitrogens with one attached hydrogen (secondary N) is 2. The minimum atomic E-state index is -3.99. The van der Waals surface area contributed by atoms with Gasteiger partial charge in [0.15, 0.2) is 11.5 Å². The number of sulfonamides is 1. The van der Waals surface area contributed by atoms with Crippen molar-refractivity contribution in [2.24, 2.45) is 0 Å². The molecule has 3 N–H and O–H groups in total. The molecule has 1 saturated heterocycles. The molecule has 2 aromatic carbocycles. The molecular formula is C22H25FN2O7S. The highest BCUT2D eigenvalue weighted by atomic mass is 32.2. The highest BCUT2D eigenvalue weighted by Crippen LogP contribution is 2.32. The van der Waals surface area contributed by atoms with Crippen LogP contribution in [0.15, 0.2) is 47.4 Å². The highest BCUT2D eigenvalue weighted by molar-refractivity contribution is 7.89. The van der Waals surface area contributed by atoms with Crippen LogP contribution in [0.5, 0.6) is 11.5 Å². The quantitative estimate of drug-likeness (QED) is 0.523. The van der Waals surface area contributed by atoms with E-state index in [1.807, 2.05) is 6.07 Å². The summed E-state index contributed by atoms with van der Waals surface area (Å²) >= 11 is 0. The van der Waals surface area contributed by atoms with Gasteiger partial charge in [0.25, 0.3) is 0 Å². The molecule has 2 aliphatic heterocycles. The lowest BCUT2D eigenvalue weighted by Crippen LogP contribution is -2.51. The van der Waals surface area contributed by atoms with E-state index in [1.165, 1.54) is 12.1 Å². The Bertz CT molecular complexity index is 1110. The molecule has 0 aromatic heterocycles. The second-order valence-electron chi connectivity index (χ2n) is 7.91. The number of fused-ring (bicyclic) bond motifs is 1. The Morgan fingerprint density at radius 2 is 1.94 bits per heavy atom. The Labute approximate surface area is 190 Å². The number of carbonyl (C=O) groups is 1. The molecule has 11 heteroatoms. The zero-order chi connectivity index (χ0) is 23.4. The van der Waals surface area contributed by atoms with Gasteiger partial charge in [-0.3, -0.25) is 4.79 Å². The molecule has 1 amide bonds. The monoisotopic (exact) mass is 480 g/mol. The predicted octanol–water partition coefficient (Wildman–Crippen LogP) is 1.45. The summed E-state index contributed by atoms with van der Waals surface area (Å²) in [6.45, 7) is 0.0584. The van der Waals surface area contributed by atoms with Crippen molar-refractivity contribution < 1.29 is 36.9 Å². The molecule has 0 saturated carbocycles. The fraction of sp³-hybridized carbons (Fsp3) is 0.409. The van der Waals surface area contributed by atoms with Crippen LogP contribution in [0.1, 0.15) is 24.8 Å². The van der Waals surface area contributed by atoms with Crippen LogP contribution < -0.4 is 19.5 Å². The lowest BCUT2D eigenvalue weighted by atomic mass is 9.98. The van der Waals surface area contributed by atoms with Gasteiger partial charge in [-0.25, -0.2) is 17.5 Å². The maximum Gasteiger partial charge on any atom is 0.241 e. The number of amides is 1. The standard InChI is InChI=1S/C22H25FN2O7S/c23-15-2-1-3-17(9-15)33(28,29)25-18-6-5-16(32-21(18)12-26)10-22(27)24-11-14-4-7-19-20(8-14)31-13-30-19/h1-4,7-9,16,18,21,25-26H,5-6,10-13H2,(H,24,27)/t16-,18-,21-/m0/s1. The Hall–Kier alpha value is -2.73. The van der Waals surface area contributed by atoms with E-state index < -0.39 is 40.7 Å². The van der Waals surface area contributed by atoms with Crippen LogP contribution in [0.4, 0.5) is 4.39 Å². The fourth-order valence-corrected chi connectivity index (χ4v) is 5.18. The van der Waals surface area contributed by atoms with Crippen LogP contribution in [-0.4, -0.2) is 51.1 Å². The zero-order valence-electron chi connectivity index (χ0n) is 17.7. The van der Waals surface area contributed by atoms with Crippen LogP contribution in [0, 0.1) is 5.82 Å². The van der Waals surface area contributed by atoms with Crippen LogP contribution in [-0.2, 0) is 26.1 Å². The zero-order valence-corrected chi connectivity index (χ0v) is 18.5. The SMILES string of the molecule is O=C(C[C@@H]1CC[C@H](NS(=O)(=O)c2cccc(F)c2)[C@H](CO)O1)NCc1ccc2c(c1)OCO2. The summed E-state index contributed by atoms with van der Waals surface area (Å²) in [5.41, 5.74) is 0.859. The number of benzene rings is 2. The Balaban J connectivity index is 1.28. The fourth-order valence-electron chi connectivity index (χ4n) is 3.85. The van der Waals surface area contributed by atoms with Crippen LogP contribution >= 0.6 is 0 Å². The minimum absolute atomic E-state index is 0.0738. The molecular weight excluding hydrogens is 455 g/mol. The van der Waals surface area contributed by atoms with Gasteiger partial charge in [0.05, 0.1) is 36.2 Å². The number of rotatable bonds is 8. The van der Waals surface area contributed by atoms with E-state index in [4.69, 9.17) is 14.2 Å². The Kier molecular flexibility index (Phi) is 7.13. The van der Waals surface area contributed by atoms with E-state index in [2.05, 4.69) is 10.0 Å². The summed E-state index contributed by atoms with van der Waals surface area (Å²) in [5.74, 6) is 0.407. The minimum Gasteiger partial charge on any atom is -0.454 e. The third-order valence-corrected chi connectivity index (χ3v) is 7.04. The van der Waals surface area contributed by atoms with E-state index in [0.717, 1.165) is 17.7 Å². The maximum atomic E-state index is 13.4. The summed E-state index contributed by atoms with van der Waals surface area (Å²) in [5, 5.41) is 12.5. The molecule has 2 aliphatic rings. The van der Waals surface area contributed by atoms with E-state index >= 15 is 0 Å². The molecule has 4 rings (SSSR count). The predicted molar refractivity (Wildman–Crippen MR) is 115 cm³/mol. The number of hydrogen-bond donors (Lipinski definition) is 3. The first kappa shape index (κ1) is 23.4. The molecule has 0 aliphatic carbocycles. The summed E-state index contributed by atoms with van der Waals surface area (Å²) in [6.07, 6.45) is -0.434. The van der Waals surface area contributed by atoms with Gasteiger partial charge in [0.1, 0.15) is 5.82 Å². The smallest absolute Gasteiger partial charge is 0.241 e. The molecule has 2 heterocycles. The molecule has 3 atom stereocenters. The van der Waals surface area contributed by atoms with Gasteiger partial charge in [-0.1, -0.05) is 12.1 Å². The van der Waals surface area contributed by atoms with Gasteiger partial charge in [0.2, 0.25) is 22.7 Å². The first-order chi connectivity index (χ1) is 15.8. The lowest BCUT2D eigenvalue weighted by molar-refractivity contribution is -0.130. The summed E-state index contributed by atoms with van der Waals surface area (Å²) in [4.78, 5) is 12.2. The number of ether oxygens (including phenoxy) is 3. The van der Waals surface area contributed by atoms with Crippen molar-refractivity contribution in [3.63, 3.8) is 0 Å². The first-order valence-corrected chi connectivity index (χ1v) is 12.0. The second-order valence-corrected chi connectivity index (χ2v) is 9.62. The Morgan fingerprint density at radius 1 is 1.12 bits per heavy atom. The normalized spacial score (nSPS) is 22.2. The van der Waals surface area contributed by atoms with Crippen LogP contribution in [0.2, 0.25) is 0 Å². The third kappa shape index (κ3) is 5.80. The summed E-state index contributed by atoms with van der Waals surface area (Å²) in [6, 6.07) is 9.40.